The molecule has 4 N–H and O–H groups in total. The summed E-state index contributed by atoms with van der Waals surface area (Å²) in [6.45, 7) is 3.88. The summed E-state index contributed by atoms with van der Waals surface area (Å²) in [5, 5.41) is 1.83. The van der Waals surface area contributed by atoms with Crippen LogP contribution in [0.25, 0.3) is 4.96 Å². The third-order valence-corrected chi connectivity index (χ3v) is 5.22. The molecule has 0 aliphatic rings. The van der Waals surface area contributed by atoms with Crippen molar-refractivity contribution in [2.45, 2.75) is 37.8 Å². The van der Waals surface area contributed by atoms with E-state index in [2.05, 4.69) is 15.1 Å². The first-order valence-electron chi connectivity index (χ1n) is 5.98. The summed E-state index contributed by atoms with van der Waals surface area (Å²) in [6, 6.07) is -0.0974. The molecule has 0 atom stereocenters. The van der Waals surface area contributed by atoms with Gasteiger partial charge in [0, 0.05) is 17.6 Å². The van der Waals surface area contributed by atoms with Crippen LogP contribution < -0.4 is 16.0 Å². The van der Waals surface area contributed by atoms with Gasteiger partial charge < -0.3 is 5.43 Å². The molecule has 2 aromatic heterocycles. The van der Waals surface area contributed by atoms with Gasteiger partial charge >= 0.3 is 0 Å². The lowest BCUT2D eigenvalue weighted by atomic mass is 10.2. The normalized spacial score (nSPS) is 12.4. The van der Waals surface area contributed by atoms with Crippen LogP contribution >= 0.6 is 11.3 Å². The molecule has 0 amide bonds. The zero-order valence-corrected chi connectivity index (χ0v) is 12.4. The van der Waals surface area contributed by atoms with Gasteiger partial charge in [0.25, 0.3) is 10.0 Å². The number of rotatable bonds is 6. The number of sulfonamides is 1. The Kier molecular flexibility index (Phi) is 4.09. The van der Waals surface area contributed by atoms with E-state index in [0.717, 1.165) is 12.8 Å². The molecule has 7 nitrogen and oxygen atoms in total. The molecule has 0 spiro atoms. The highest BCUT2D eigenvalue weighted by Gasteiger charge is 2.27. The van der Waals surface area contributed by atoms with Crippen LogP contribution in [0.2, 0.25) is 0 Å². The number of fused-ring (bicyclic) bond motifs is 1. The van der Waals surface area contributed by atoms with E-state index in [-0.39, 0.29) is 16.9 Å². The Bertz CT molecular complexity index is 657. The molecule has 19 heavy (non-hydrogen) atoms. The summed E-state index contributed by atoms with van der Waals surface area (Å²) in [4.78, 5) is 4.72. The van der Waals surface area contributed by atoms with Gasteiger partial charge in [-0.2, -0.15) is 4.98 Å². The van der Waals surface area contributed by atoms with Crippen molar-refractivity contribution < 1.29 is 8.42 Å². The second kappa shape index (κ2) is 5.45. The number of aromatic nitrogens is 2. The predicted octanol–water partition coefficient (Wildman–Crippen LogP) is 1.15. The van der Waals surface area contributed by atoms with Crippen LogP contribution in [-0.2, 0) is 10.0 Å². The summed E-state index contributed by atoms with van der Waals surface area (Å²) in [5.41, 5.74) is 2.34. The smallest absolute Gasteiger partial charge is 0.260 e. The fraction of sp³-hybridized carbons (Fsp3) is 0.500. The van der Waals surface area contributed by atoms with Crippen LogP contribution in [0.15, 0.2) is 16.6 Å². The molecule has 0 radical (unpaired) electrons. The zero-order valence-electron chi connectivity index (χ0n) is 10.8. The maximum atomic E-state index is 12.5. The number of anilines is 1. The molecule has 0 fully saturated rings. The molecular formula is C10H17N5O2S2. The van der Waals surface area contributed by atoms with Crippen molar-refractivity contribution in [2.75, 3.05) is 5.43 Å². The summed E-state index contributed by atoms with van der Waals surface area (Å²) in [6.07, 6.45) is 3.12. The Hall–Kier alpha value is -1.16. The van der Waals surface area contributed by atoms with E-state index < -0.39 is 10.0 Å². The monoisotopic (exact) mass is 303 g/mol. The first-order valence-corrected chi connectivity index (χ1v) is 8.34. The Morgan fingerprint density at radius 3 is 2.74 bits per heavy atom. The number of nitrogens with one attached hydrogen (secondary N) is 2. The van der Waals surface area contributed by atoms with Gasteiger partial charge in [0.1, 0.15) is 0 Å². The van der Waals surface area contributed by atoms with Crippen molar-refractivity contribution in [3.8, 4) is 0 Å². The molecule has 0 saturated heterocycles. The maximum absolute atomic E-state index is 12.5. The number of imidazole rings is 1. The highest BCUT2D eigenvalue weighted by Crippen LogP contribution is 2.25. The van der Waals surface area contributed by atoms with Gasteiger partial charge in [0.2, 0.25) is 5.03 Å². The van der Waals surface area contributed by atoms with Crippen molar-refractivity contribution in [3.63, 3.8) is 0 Å². The number of nitrogens with zero attached hydrogens (tertiary/aromatic N) is 2. The highest BCUT2D eigenvalue weighted by molar-refractivity contribution is 7.89. The Balaban J connectivity index is 2.49. The third-order valence-electron chi connectivity index (χ3n) is 2.92. The molecule has 0 aliphatic heterocycles. The van der Waals surface area contributed by atoms with Crippen molar-refractivity contribution in [3.05, 3.63) is 11.6 Å². The molecule has 0 bridgehead atoms. The first kappa shape index (κ1) is 14.3. The van der Waals surface area contributed by atoms with Crippen molar-refractivity contribution in [1.29, 1.82) is 0 Å². The summed E-state index contributed by atoms with van der Waals surface area (Å²) in [5.74, 6) is 5.51. The molecule has 2 rings (SSSR count). The molecule has 0 unspecified atom stereocenters. The van der Waals surface area contributed by atoms with Crippen molar-refractivity contribution in [2.24, 2.45) is 5.84 Å². The molecule has 0 saturated carbocycles. The molecule has 0 aromatic carbocycles. The zero-order chi connectivity index (χ0) is 14.0. The minimum atomic E-state index is -3.66. The summed E-state index contributed by atoms with van der Waals surface area (Å²) < 4.78 is 29.1. The largest absolute Gasteiger partial charge is 0.306 e. The summed E-state index contributed by atoms with van der Waals surface area (Å²) >= 11 is 1.35. The van der Waals surface area contributed by atoms with E-state index in [9.17, 15) is 8.42 Å². The second-order valence-corrected chi connectivity index (χ2v) is 6.60. The van der Waals surface area contributed by atoms with Gasteiger partial charge in [0.05, 0.1) is 0 Å². The standard InChI is InChI=1S/C10H17N5O2S2/c1-3-7(4-2)14-19(16,17)9-8(13-11)12-10-15(9)5-6-18-10/h5-7,13-14H,3-4,11H2,1-2H3. The number of nitrogens with two attached hydrogens (primary N) is 1. The number of hydrogen-bond acceptors (Lipinski definition) is 6. The van der Waals surface area contributed by atoms with E-state index in [1.54, 1.807) is 11.6 Å². The van der Waals surface area contributed by atoms with Gasteiger partial charge in [-0.15, -0.1) is 11.3 Å². The summed E-state index contributed by atoms with van der Waals surface area (Å²) in [7, 11) is -3.66. The van der Waals surface area contributed by atoms with Gasteiger partial charge in [-0.05, 0) is 12.8 Å². The number of nitrogen functional groups attached to an aromatic ring is 1. The average molecular weight is 303 g/mol. The van der Waals surface area contributed by atoms with Crippen molar-refractivity contribution >= 4 is 32.1 Å². The Morgan fingerprint density at radius 2 is 2.16 bits per heavy atom. The van der Waals surface area contributed by atoms with E-state index >= 15 is 0 Å². The minimum absolute atomic E-state index is 0.0538. The molecule has 2 aromatic rings. The highest BCUT2D eigenvalue weighted by atomic mass is 32.2. The van der Waals surface area contributed by atoms with Crippen LogP contribution in [0.5, 0.6) is 0 Å². The van der Waals surface area contributed by atoms with Crippen LogP contribution in [-0.4, -0.2) is 23.8 Å². The van der Waals surface area contributed by atoms with E-state index in [1.165, 1.54) is 15.7 Å². The van der Waals surface area contributed by atoms with Gasteiger partial charge in [-0.3, -0.25) is 4.40 Å². The maximum Gasteiger partial charge on any atom is 0.260 e. The van der Waals surface area contributed by atoms with Gasteiger partial charge in [-0.1, -0.05) is 13.8 Å². The molecule has 9 heteroatoms. The predicted molar refractivity (Wildman–Crippen MR) is 75.6 cm³/mol. The fourth-order valence-corrected chi connectivity index (χ4v) is 4.27. The average Bonchev–Trinajstić information content (AvgIpc) is 2.94. The van der Waals surface area contributed by atoms with Gasteiger partial charge in [0.15, 0.2) is 10.8 Å². The SMILES string of the molecule is CCC(CC)NS(=O)(=O)c1c(NN)nc2sccn12. The first-order chi connectivity index (χ1) is 9.03. The van der Waals surface area contributed by atoms with Crippen LogP contribution in [0.3, 0.4) is 0 Å². The van der Waals surface area contributed by atoms with Crippen LogP contribution in [0.4, 0.5) is 5.82 Å². The van der Waals surface area contributed by atoms with Gasteiger partial charge in [-0.25, -0.2) is 19.0 Å². The lowest BCUT2D eigenvalue weighted by Gasteiger charge is -2.15. The van der Waals surface area contributed by atoms with E-state index in [1.807, 2.05) is 13.8 Å². The molecule has 106 valence electrons. The topological polar surface area (TPSA) is 102 Å². The molecular weight excluding hydrogens is 286 g/mol. The van der Waals surface area contributed by atoms with Crippen LogP contribution in [0.1, 0.15) is 26.7 Å². The third kappa shape index (κ3) is 2.59. The van der Waals surface area contributed by atoms with E-state index in [0.29, 0.717) is 4.96 Å². The number of hydrazine groups is 1. The lowest BCUT2D eigenvalue weighted by Crippen LogP contribution is -2.35. The fourth-order valence-electron chi connectivity index (χ4n) is 1.85. The Morgan fingerprint density at radius 1 is 1.47 bits per heavy atom. The molecule has 0 aliphatic carbocycles. The van der Waals surface area contributed by atoms with Crippen LogP contribution in [0, 0.1) is 0 Å². The second-order valence-electron chi connectivity index (χ2n) is 4.10. The molecule has 2 heterocycles. The van der Waals surface area contributed by atoms with Crippen molar-refractivity contribution in [1.82, 2.24) is 14.1 Å². The number of hydrogen-bond donors (Lipinski definition) is 3. The lowest BCUT2D eigenvalue weighted by molar-refractivity contribution is 0.527. The van der Waals surface area contributed by atoms with E-state index in [4.69, 9.17) is 5.84 Å². The minimum Gasteiger partial charge on any atom is -0.306 e. The quantitative estimate of drug-likeness (QED) is 0.549. The Labute approximate surface area is 115 Å². The number of thiazole rings is 1.